The van der Waals surface area contributed by atoms with Gasteiger partial charge in [0, 0.05) is 6.21 Å². The molecule has 0 aliphatic rings. The molecule has 1 aromatic carbocycles. The van der Waals surface area contributed by atoms with Crippen molar-refractivity contribution in [3.05, 3.63) is 48.0 Å². The van der Waals surface area contributed by atoms with Crippen LogP contribution in [0.1, 0.15) is 31.9 Å². The number of benzene rings is 1. The number of alkyl carbamates (subject to hydrolysis) is 1. The first kappa shape index (κ1) is 17.4. The molecule has 6 nitrogen and oxygen atoms in total. The van der Waals surface area contributed by atoms with E-state index >= 15 is 0 Å². The zero-order valence-corrected chi connectivity index (χ0v) is 12.8. The summed E-state index contributed by atoms with van der Waals surface area (Å²) in [4.78, 5) is 23.5. The molecule has 22 heavy (non-hydrogen) atoms. The van der Waals surface area contributed by atoms with Crippen LogP contribution in [-0.4, -0.2) is 24.8 Å². The largest absolute Gasteiger partial charge is 0.450 e. The van der Waals surface area contributed by atoms with Crippen molar-refractivity contribution in [3.63, 3.8) is 0 Å². The standard InChI is InChI=1S/C16H21N3O3/c1-3-5-11-17-19-15(20)12-14(18-16(21)22-4-2)13-9-7-6-8-10-13/h3,5-11,14H,4,12H2,1-2H3,(H,18,21)(H,19,20). The van der Waals surface area contributed by atoms with E-state index in [1.807, 2.05) is 37.3 Å². The lowest BCUT2D eigenvalue weighted by atomic mass is 10.0. The van der Waals surface area contributed by atoms with Gasteiger partial charge in [0.2, 0.25) is 5.91 Å². The molecule has 0 saturated heterocycles. The maximum Gasteiger partial charge on any atom is 0.407 e. The average Bonchev–Trinajstić information content (AvgIpc) is 2.52. The minimum absolute atomic E-state index is 0.0655. The molecule has 1 unspecified atom stereocenters. The number of carbonyl (C=O) groups excluding carboxylic acids is 2. The van der Waals surface area contributed by atoms with Crippen LogP contribution in [0.3, 0.4) is 0 Å². The van der Waals surface area contributed by atoms with E-state index in [2.05, 4.69) is 15.8 Å². The molecule has 0 radical (unpaired) electrons. The molecule has 1 rings (SSSR count). The molecule has 0 saturated carbocycles. The summed E-state index contributed by atoms with van der Waals surface area (Å²) < 4.78 is 4.87. The Bertz CT molecular complexity index is 527. The van der Waals surface area contributed by atoms with Gasteiger partial charge < -0.3 is 10.1 Å². The van der Waals surface area contributed by atoms with E-state index < -0.39 is 12.1 Å². The molecule has 2 N–H and O–H groups in total. The molecule has 0 fully saturated rings. The summed E-state index contributed by atoms with van der Waals surface area (Å²) in [5, 5.41) is 6.45. The first-order valence-corrected chi connectivity index (χ1v) is 7.08. The van der Waals surface area contributed by atoms with Gasteiger partial charge in [-0.05, 0) is 25.5 Å². The number of hydrogen-bond acceptors (Lipinski definition) is 4. The molecular formula is C16H21N3O3. The molecule has 0 spiro atoms. The Balaban J connectivity index is 2.69. The van der Waals surface area contributed by atoms with Crippen molar-refractivity contribution in [1.29, 1.82) is 0 Å². The molecule has 6 heteroatoms. The highest BCUT2D eigenvalue weighted by Gasteiger charge is 2.18. The summed E-state index contributed by atoms with van der Waals surface area (Å²) in [6, 6.07) is 8.76. The SMILES string of the molecule is CC=CC=NNC(=O)CC(NC(=O)OCC)c1ccccc1. The zero-order valence-electron chi connectivity index (χ0n) is 12.8. The van der Waals surface area contributed by atoms with Gasteiger partial charge in [0.1, 0.15) is 0 Å². The second kappa shape index (κ2) is 10.1. The number of nitrogens with zero attached hydrogens (tertiary/aromatic N) is 1. The van der Waals surface area contributed by atoms with Gasteiger partial charge in [-0.25, -0.2) is 10.2 Å². The first-order valence-electron chi connectivity index (χ1n) is 7.08. The lowest BCUT2D eigenvalue weighted by Crippen LogP contribution is -2.33. The Morgan fingerprint density at radius 3 is 2.68 bits per heavy atom. The highest BCUT2D eigenvalue weighted by molar-refractivity contribution is 5.80. The second-order valence-corrected chi connectivity index (χ2v) is 4.37. The van der Waals surface area contributed by atoms with Gasteiger partial charge in [0.05, 0.1) is 19.1 Å². The lowest BCUT2D eigenvalue weighted by molar-refractivity contribution is -0.121. The average molecular weight is 303 g/mol. The molecule has 1 atom stereocenters. The second-order valence-electron chi connectivity index (χ2n) is 4.37. The predicted molar refractivity (Wildman–Crippen MR) is 85.4 cm³/mol. The number of amides is 2. The van der Waals surface area contributed by atoms with Crippen LogP contribution in [0.4, 0.5) is 4.79 Å². The lowest BCUT2D eigenvalue weighted by Gasteiger charge is -2.17. The van der Waals surface area contributed by atoms with E-state index in [9.17, 15) is 9.59 Å². The van der Waals surface area contributed by atoms with Crippen molar-refractivity contribution in [2.45, 2.75) is 26.3 Å². The Kier molecular flexibility index (Phi) is 8.04. The fourth-order valence-electron chi connectivity index (χ4n) is 1.72. The minimum atomic E-state index is -0.554. The van der Waals surface area contributed by atoms with Crippen LogP contribution < -0.4 is 10.7 Å². The molecule has 0 aliphatic heterocycles. The van der Waals surface area contributed by atoms with Crippen LogP contribution in [0.15, 0.2) is 47.6 Å². The summed E-state index contributed by atoms with van der Waals surface area (Å²) in [6.45, 7) is 3.84. The fraction of sp³-hybridized carbons (Fsp3) is 0.312. The van der Waals surface area contributed by atoms with Crippen molar-refractivity contribution in [2.75, 3.05) is 6.61 Å². The first-order chi connectivity index (χ1) is 10.7. The predicted octanol–water partition coefficient (Wildman–Crippen LogP) is 2.54. The third-order valence-corrected chi connectivity index (χ3v) is 2.70. The van der Waals surface area contributed by atoms with Gasteiger partial charge in [-0.3, -0.25) is 4.79 Å². The highest BCUT2D eigenvalue weighted by Crippen LogP contribution is 2.16. The third kappa shape index (κ3) is 6.69. The van der Waals surface area contributed by atoms with Crippen molar-refractivity contribution in [1.82, 2.24) is 10.7 Å². The van der Waals surface area contributed by atoms with Crippen LogP contribution in [0.2, 0.25) is 0 Å². The normalized spacial score (nSPS) is 12.3. The molecule has 118 valence electrons. The Hall–Kier alpha value is -2.63. The van der Waals surface area contributed by atoms with Crippen LogP contribution >= 0.6 is 0 Å². The number of nitrogens with one attached hydrogen (secondary N) is 2. The molecule has 0 aliphatic carbocycles. The number of carbonyl (C=O) groups is 2. The molecule has 1 aromatic rings. The van der Waals surface area contributed by atoms with Gasteiger partial charge in [-0.1, -0.05) is 36.4 Å². The Labute approximate surface area is 130 Å². The minimum Gasteiger partial charge on any atom is -0.450 e. The maximum absolute atomic E-state index is 11.9. The summed E-state index contributed by atoms with van der Waals surface area (Å²) in [5.74, 6) is -0.300. The molecular weight excluding hydrogens is 282 g/mol. The fourth-order valence-corrected chi connectivity index (χ4v) is 1.72. The van der Waals surface area contributed by atoms with Crippen LogP contribution in [0, 0.1) is 0 Å². The number of hydrogen-bond donors (Lipinski definition) is 2. The summed E-state index contributed by atoms with van der Waals surface area (Å²) >= 11 is 0. The van der Waals surface area contributed by atoms with Gasteiger partial charge in [0.25, 0.3) is 0 Å². The quantitative estimate of drug-likeness (QED) is 0.600. The summed E-state index contributed by atoms with van der Waals surface area (Å²) in [5.41, 5.74) is 3.23. The van der Waals surface area contributed by atoms with Gasteiger partial charge in [0.15, 0.2) is 0 Å². The van der Waals surface area contributed by atoms with E-state index in [0.717, 1.165) is 5.56 Å². The van der Waals surface area contributed by atoms with E-state index in [4.69, 9.17) is 4.74 Å². The monoisotopic (exact) mass is 303 g/mol. The third-order valence-electron chi connectivity index (χ3n) is 2.70. The number of hydrazone groups is 1. The molecule has 0 bridgehead atoms. The van der Waals surface area contributed by atoms with E-state index in [0.29, 0.717) is 0 Å². The van der Waals surface area contributed by atoms with Crippen LogP contribution in [-0.2, 0) is 9.53 Å². The Morgan fingerprint density at radius 2 is 2.05 bits per heavy atom. The van der Waals surface area contributed by atoms with Crippen LogP contribution in [0.25, 0.3) is 0 Å². The number of ether oxygens (including phenoxy) is 1. The highest BCUT2D eigenvalue weighted by atomic mass is 16.5. The van der Waals surface area contributed by atoms with Crippen molar-refractivity contribution >= 4 is 18.2 Å². The van der Waals surface area contributed by atoms with Gasteiger partial charge >= 0.3 is 6.09 Å². The van der Waals surface area contributed by atoms with Crippen molar-refractivity contribution in [2.24, 2.45) is 5.10 Å². The van der Waals surface area contributed by atoms with E-state index in [1.54, 1.807) is 19.1 Å². The van der Waals surface area contributed by atoms with E-state index in [-0.39, 0.29) is 18.9 Å². The number of rotatable bonds is 7. The molecule has 0 heterocycles. The van der Waals surface area contributed by atoms with Crippen molar-refractivity contribution < 1.29 is 14.3 Å². The maximum atomic E-state index is 11.9. The van der Waals surface area contributed by atoms with Gasteiger partial charge in [-0.2, -0.15) is 5.10 Å². The Morgan fingerprint density at radius 1 is 1.32 bits per heavy atom. The molecule has 2 amide bonds. The van der Waals surface area contributed by atoms with Crippen LogP contribution in [0.5, 0.6) is 0 Å². The van der Waals surface area contributed by atoms with E-state index in [1.165, 1.54) is 6.21 Å². The van der Waals surface area contributed by atoms with Crippen molar-refractivity contribution in [3.8, 4) is 0 Å². The van der Waals surface area contributed by atoms with Gasteiger partial charge in [-0.15, -0.1) is 0 Å². The summed E-state index contributed by atoms with van der Waals surface area (Å²) in [7, 11) is 0. The zero-order chi connectivity index (χ0) is 16.2. The topological polar surface area (TPSA) is 79.8 Å². The molecule has 0 aromatic heterocycles. The summed E-state index contributed by atoms with van der Waals surface area (Å²) in [6.07, 6.45) is 4.49. The number of allylic oxidation sites excluding steroid dienone is 2. The smallest absolute Gasteiger partial charge is 0.407 e.